The molecule has 7 nitrogen and oxygen atoms in total. The van der Waals surface area contributed by atoms with E-state index < -0.39 is 17.7 Å². The van der Waals surface area contributed by atoms with Crippen molar-refractivity contribution in [1.82, 2.24) is 16.4 Å². The average molecular weight is 380 g/mol. The number of phenolic OH excluding ortho intramolecular Hbond substituents is 1. The van der Waals surface area contributed by atoms with Gasteiger partial charge in [-0.25, -0.2) is 4.79 Å². The van der Waals surface area contributed by atoms with Crippen molar-refractivity contribution in [3.05, 3.63) is 29.8 Å². The van der Waals surface area contributed by atoms with E-state index in [1.165, 1.54) is 0 Å². The number of alkyl carbamates (subject to hydrolysis) is 1. The number of aromatic hydroxyl groups is 1. The van der Waals surface area contributed by atoms with Crippen LogP contribution in [0.3, 0.4) is 0 Å². The number of amides is 2. The Labute approximate surface area is 162 Å². The van der Waals surface area contributed by atoms with Crippen LogP contribution >= 0.6 is 0 Å². The SMILES string of the molecule is CCCNC(=O)[C@H](Cc1ccc(O)cc1)NC(=O)OC(C)(C)C.CCC[N]. The highest BCUT2D eigenvalue weighted by molar-refractivity contribution is 5.86. The number of nitrogens with one attached hydrogen (secondary N) is 2. The van der Waals surface area contributed by atoms with Gasteiger partial charge in [0, 0.05) is 19.5 Å². The number of hydrogen-bond donors (Lipinski definition) is 3. The van der Waals surface area contributed by atoms with E-state index in [9.17, 15) is 14.7 Å². The second-order valence-electron chi connectivity index (χ2n) is 7.08. The van der Waals surface area contributed by atoms with Crippen molar-refractivity contribution in [3.8, 4) is 5.75 Å². The first-order chi connectivity index (χ1) is 12.6. The Bertz CT molecular complexity index is 551. The van der Waals surface area contributed by atoms with Gasteiger partial charge < -0.3 is 20.5 Å². The third-order valence-corrected chi connectivity index (χ3v) is 3.16. The number of phenols is 1. The fourth-order valence-electron chi connectivity index (χ4n) is 1.90. The molecule has 0 aliphatic carbocycles. The first-order valence-corrected chi connectivity index (χ1v) is 9.28. The van der Waals surface area contributed by atoms with Crippen LogP contribution < -0.4 is 16.4 Å². The number of nitrogens with zero attached hydrogens (tertiary/aromatic N) is 1. The Balaban J connectivity index is 0.00000153. The number of rotatable bonds is 7. The summed E-state index contributed by atoms with van der Waals surface area (Å²) in [6.45, 7) is 10.0. The van der Waals surface area contributed by atoms with Gasteiger partial charge in [0.1, 0.15) is 17.4 Å². The Kier molecular flexibility index (Phi) is 11.9. The molecule has 3 N–H and O–H groups in total. The first kappa shape index (κ1) is 24.7. The number of carbonyl (C=O) groups excluding carboxylic acids is 2. The van der Waals surface area contributed by atoms with E-state index in [0.717, 1.165) is 18.4 Å². The van der Waals surface area contributed by atoms with Crippen LogP contribution in [0, 0.1) is 0 Å². The highest BCUT2D eigenvalue weighted by Gasteiger charge is 2.24. The topological polar surface area (TPSA) is 110 Å². The molecule has 0 saturated heterocycles. The Morgan fingerprint density at radius 1 is 1.15 bits per heavy atom. The van der Waals surface area contributed by atoms with Crippen molar-refractivity contribution in [2.45, 2.75) is 65.5 Å². The first-order valence-electron chi connectivity index (χ1n) is 9.28. The summed E-state index contributed by atoms with van der Waals surface area (Å²) < 4.78 is 5.21. The quantitative estimate of drug-likeness (QED) is 0.676. The number of ether oxygens (including phenoxy) is 1. The van der Waals surface area contributed by atoms with Gasteiger partial charge in [0.2, 0.25) is 5.91 Å². The van der Waals surface area contributed by atoms with E-state index >= 15 is 0 Å². The molecule has 0 aromatic heterocycles. The van der Waals surface area contributed by atoms with Gasteiger partial charge in [0.05, 0.1) is 0 Å². The lowest BCUT2D eigenvalue weighted by Gasteiger charge is -2.23. The van der Waals surface area contributed by atoms with Crippen molar-refractivity contribution in [3.63, 3.8) is 0 Å². The van der Waals surface area contributed by atoms with Crippen LogP contribution in [-0.4, -0.2) is 41.8 Å². The highest BCUT2D eigenvalue weighted by Crippen LogP contribution is 2.12. The molecular formula is C20H33N3O4. The largest absolute Gasteiger partial charge is 0.508 e. The summed E-state index contributed by atoms with van der Waals surface area (Å²) in [6.07, 6.45) is 1.37. The average Bonchev–Trinajstić information content (AvgIpc) is 2.59. The number of benzene rings is 1. The van der Waals surface area contributed by atoms with Gasteiger partial charge in [0.25, 0.3) is 0 Å². The summed E-state index contributed by atoms with van der Waals surface area (Å²) in [5.41, 5.74) is 8.07. The maximum atomic E-state index is 12.2. The van der Waals surface area contributed by atoms with Gasteiger partial charge in [-0.3, -0.25) is 4.79 Å². The number of carbonyl (C=O) groups is 2. The summed E-state index contributed by atoms with van der Waals surface area (Å²) in [4.78, 5) is 24.2. The molecule has 0 unspecified atom stereocenters. The van der Waals surface area contributed by atoms with Gasteiger partial charge in [-0.2, -0.15) is 0 Å². The molecule has 1 rings (SSSR count). The molecule has 0 fully saturated rings. The molecule has 7 heteroatoms. The molecule has 0 heterocycles. The van der Waals surface area contributed by atoms with Crippen molar-refractivity contribution in [1.29, 1.82) is 0 Å². The molecule has 0 aliphatic heterocycles. The minimum absolute atomic E-state index is 0.154. The molecule has 2 amide bonds. The van der Waals surface area contributed by atoms with Gasteiger partial charge >= 0.3 is 6.09 Å². The summed E-state index contributed by atoms with van der Waals surface area (Å²) in [5, 5.41) is 14.7. The minimum Gasteiger partial charge on any atom is -0.508 e. The molecule has 0 spiro atoms. The second kappa shape index (κ2) is 13.0. The third kappa shape index (κ3) is 12.7. The lowest BCUT2D eigenvalue weighted by Crippen LogP contribution is -2.49. The van der Waals surface area contributed by atoms with Crippen LogP contribution in [-0.2, 0) is 16.0 Å². The molecule has 0 bridgehead atoms. The van der Waals surface area contributed by atoms with E-state index in [2.05, 4.69) is 10.6 Å². The van der Waals surface area contributed by atoms with Gasteiger partial charge in [-0.05, 0) is 51.3 Å². The van der Waals surface area contributed by atoms with Gasteiger partial charge in [0.15, 0.2) is 0 Å². The Hall–Kier alpha value is -2.28. The third-order valence-electron chi connectivity index (χ3n) is 3.16. The zero-order chi connectivity index (χ0) is 20.9. The fraction of sp³-hybridized carbons (Fsp3) is 0.600. The van der Waals surface area contributed by atoms with Crippen molar-refractivity contribution >= 4 is 12.0 Å². The van der Waals surface area contributed by atoms with Crippen LogP contribution in [0.1, 0.15) is 53.0 Å². The summed E-state index contributed by atoms with van der Waals surface area (Å²) >= 11 is 0. The van der Waals surface area contributed by atoms with E-state index in [1.54, 1.807) is 45.0 Å². The van der Waals surface area contributed by atoms with E-state index in [-0.39, 0.29) is 11.7 Å². The van der Waals surface area contributed by atoms with E-state index in [0.29, 0.717) is 19.5 Å². The van der Waals surface area contributed by atoms with Gasteiger partial charge in [-0.1, -0.05) is 26.0 Å². The van der Waals surface area contributed by atoms with E-state index in [1.807, 2.05) is 13.8 Å². The van der Waals surface area contributed by atoms with Gasteiger partial charge in [-0.15, -0.1) is 5.73 Å². The lowest BCUT2D eigenvalue weighted by molar-refractivity contribution is -0.123. The van der Waals surface area contributed by atoms with Crippen LogP contribution in [0.15, 0.2) is 24.3 Å². The molecular weight excluding hydrogens is 346 g/mol. The molecule has 27 heavy (non-hydrogen) atoms. The molecule has 0 aliphatic rings. The zero-order valence-electron chi connectivity index (χ0n) is 17.0. The summed E-state index contributed by atoms with van der Waals surface area (Å²) in [7, 11) is 0. The fourth-order valence-corrected chi connectivity index (χ4v) is 1.90. The van der Waals surface area contributed by atoms with Crippen molar-refractivity contribution in [2.75, 3.05) is 13.1 Å². The normalized spacial score (nSPS) is 11.6. The number of hydrogen-bond acceptors (Lipinski definition) is 4. The Morgan fingerprint density at radius 2 is 1.70 bits per heavy atom. The van der Waals surface area contributed by atoms with Crippen LogP contribution in [0.4, 0.5) is 4.79 Å². The molecule has 0 saturated carbocycles. The highest BCUT2D eigenvalue weighted by atomic mass is 16.6. The molecule has 1 aromatic rings. The van der Waals surface area contributed by atoms with Crippen LogP contribution in [0.5, 0.6) is 5.75 Å². The van der Waals surface area contributed by atoms with E-state index in [4.69, 9.17) is 10.5 Å². The predicted octanol–water partition coefficient (Wildman–Crippen LogP) is 2.82. The van der Waals surface area contributed by atoms with Crippen molar-refractivity contribution < 1.29 is 19.4 Å². The smallest absolute Gasteiger partial charge is 0.408 e. The minimum atomic E-state index is -0.735. The lowest BCUT2D eigenvalue weighted by atomic mass is 10.1. The monoisotopic (exact) mass is 379 g/mol. The molecule has 1 atom stereocenters. The summed E-state index contributed by atoms with van der Waals surface area (Å²) in [5.74, 6) is -0.105. The predicted molar refractivity (Wildman–Crippen MR) is 106 cm³/mol. The maximum absolute atomic E-state index is 12.2. The molecule has 2 radical (unpaired) electrons. The maximum Gasteiger partial charge on any atom is 0.408 e. The molecule has 1 aromatic carbocycles. The summed E-state index contributed by atoms with van der Waals surface area (Å²) in [6, 6.07) is 5.78. The van der Waals surface area contributed by atoms with Crippen molar-refractivity contribution in [2.24, 2.45) is 0 Å². The standard InChI is InChI=1S/C17H26N2O4.C3H7N/c1-5-10-18-15(21)14(19-16(22)23-17(2,3)4)11-12-6-8-13(20)9-7-12;1-2-3-4/h6-9,14,20H,5,10-11H2,1-4H3,(H,18,21)(H,19,22);2-3H2,1H3/t14-;/m0./s1. The Morgan fingerprint density at radius 3 is 2.15 bits per heavy atom. The second-order valence-corrected chi connectivity index (χ2v) is 7.08. The van der Waals surface area contributed by atoms with Crippen LogP contribution in [0.2, 0.25) is 0 Å². The molecule has 152 valence electrons. The van der Waals surface area contributed by atoms with Crippen LogP contribution in [0.25, 0.3) is 0 Å². The zero-order valence-corrected chi connectivity index (χ0v) is 17.0.